The number of hydrogen-bond acceptors (Lipinski definition) is 6. The lowest BCUT2D eigenvalue weighted by Crippen LogP contribution is -2.32. The molecule has 0 fully saturated rings. The van der Waals surface area contributed by atoms with E-state index in [1.165, 1.54) is 11.8 Å². The lowest BCUT2D eigenvalue weighted by atomic mass is 10.0. The van der Waals surface area contributed by atoms with Crippen molar-refractivity contribution in [2.24, 2.45) is 0 Å². The number of fused-ring (bicyclic) bond motifs is 1. The fourth-order valence-corrected chi connectivity index (χ4v) is 3.96. The predicted molar refractivity (Wildman–Crippen MR) is 128 cm³/mol. The number of ether oxygens (including phenoxy) is 2. The van der Waals surface area contributed by atoms with Gasteiger partial charge in [-0.15, -0.1) is 0 Å². The molecular formula is C26H21N3O5. The molecule has 0 spiro atoms. The van der Waals surface area contributed by atoms with E-state index in [0.717, 1.165) is 5.56 Å². The second kappa shape index (κ2) is 8.40. The maximum atomic E-state index is 13.6. The Morgan fingerprint density at radius 3 is 2.35 bits per heavy atom. The van der Waals surface area contributed by atoms with Crippen molar-refractivity contribution in [2.75, 3.05) is 22.3 Å². The van der Waals surface area contributed by atoms with Gasteiger partial charge in [0.2, 0.25) is 12.7 Å². The fourth-order valence-electron chi connectivity index (χ4n) is 3.96. The number of aryl methyl sites for hydroxylation is 1. The largest absolute Gasteiger partial charge is 0.454 e. The second-order valence-electron chi connectivity index (χ2n) is 7.99. The van der Waals surface area contributed by atoms with E-state index in [9.17, 15) is 14.4 Å². The van der Waals surface area contributed by atoms with Gasteiger partial charge in [-0.3, -0.25) is 14.4 Å². The molecule has 0 bridgehead atoms. The van der Waals surface area contributed by atoms with E-state index >= 15 is 0 Å². The highest BCUT2D eigenvalue weighted by Gasteiger charge is 2.40. The van der Waals surface area contributed by atoms with Crippen molar-refractivity contribution in [1.82, 2.24) is 0 Å². The van der Waals surface area contributed by atoms with Gasteiger partial charge < -0.3 is 20.1 Å². The number of anilines is 3. The maximum Gasteiger partial charge on any atom is 0.282 e. The number of amides is 3. The summed E-state index contributed by atoms with van der Waals surface area (Å²) >= 11 is 0. The summed E-state index contributed by atoms with van der Waals surface area (Å²) in [5.41, 5.74) is 3.52. The van der Waals surface area contributed by atoms with Crippen molar-refractivity contribution in [1.29, 1.82) is 0 Å². The Morgan fingerprint density at radius 2 is 1.62 bits per heavy atom. The van der Waals surface area contributed by atoms with Gasteiger partial charge in [0.25, 0.3) is 11.8 Å². The van der Waals surface area contributed by atoms with Crippen LogP contribution in [0, 0.1) is 6.92 Å². The van der Waals surface area contributed by atoms with Crippen LogP contribution in [0.4, 0.5) is 17.1 Å². The van der Waals surface area contributed by atoms with Gasteiger partial charge in [-0.2, -0.15) is 0 Å². The number of carbonyl (C=O) groups is 3. The van der Waals surface area contributed by atoms with E-state index in [4.69, 9.17) is 9.47 Å². The molecule has 8 nitrogen and oxygen atoms in total. The number of benzene rings is 3. The van der Waals surface area contributed by atoms with E-state index in [1.54, 1.807) is 60.7 Å². The number of nitrogens with one attached hydrogen (secondary N) is 2. The van der Waals surface area contributed by atoms with Crippen molar-refractivity contribution in [3.05, 3.63) is 83.6 Å². The van der Waals surface area contributed by atoms with Crippen LogP contribution >= 0.6 is 0 Å². The number of rotatable bonds is 5. The van der Waals surface area contributed by atoms with Crippen LogP contribution in [0.25, 0.3) is 5.57 Å². The van der Waals surface area contributed by atoms with E-state index < -0.39 is 11.8 Å². The molecule has 0 aliphatic carbocycles. The summed E-state index contributed by atoms with van der Waals surface area (Å²) in [6.45, 7) is 3.45. The highest BCUT2D eigenvalue weighted by Crippen LogP contribution is 2.38. The fraction of sp³-hybridized carbons (Fsp3) is 0.115. The molecule has 0 atom stereocenters. The molecule has 0 radical (unpaired) electrons. The summed E-state index contributed by atoms with van der Waals surface area (Å²) in [5.74, 6) is 0.0674. The van der Waals surface area contributed by atoms with Gasteiger partial charge in [0.15, 0.2) is 11.5 Å². The average molecular weight is 455 g/mol. The molecule has 0 saturated heterocycles. The Balaban J connectivity index is 1.57. The molecule has 0 saturated carbocycles. The molecule has 3 aromatic rings. The predicted octanol–water partition coefficient (Wildman–Crippen LogP) is 4.08. The molecule has 0 unspecified atom stereocenters. The first-order valence-electron chi connectivity index (χ1n) is 10.6. The first-order chi connectivity index (χ1) is 16.4. The van der Waals surface area contributed by atoms with E-state index in [1.807, 2.05) is 13.0 Å². The van der Waals surface area contributed by atoms with E-state index in [2.05, 4.69) is 10.6 Å². The number of hydrogen-bond donors (Lipinski definition) is 2. The molecule has 0 aromatic heterocycles. The third-order valence-electron chi connectivity index (χ3n) is 5.48. The van der Waals surface area contributed by atoms with Gasteiger partial charge in [0.05, 0.1) is 11.3 Å². The zero-order valence-corrected chi connectivity index (χ0v) is 18.5. The zero-order valence-electron chi connectivity index (χ0n) is 18.5. The van der Waals surface area contributed by atoms with Gasteiger partial charge in [-0.1, -0.05) is 24.3 Å². The van der Waals surface area contributed by atoms with Gasteiger partial charge in [-0.25, -0.2) is 4.90 Å². The SMILES string of the molecule is CC(=O)Nc1ccc(C2=C(Nc3ccc4c(c3)OCO4)C(=O)N(c3cccc(C)c3)C2=O)cc1. The van der Waals surface area contributed by atoms with Crippen LogP contribution in [-0.2, 0) is 14.4 Å². The highest BCUT2D eigenvalue weighted by atomic mass is 16.7. The smallest absolute Gasteiger partial charge is 0.282 e. The molecular weight excluding hydrogens is 434 g/mol. The molecule has 2 aliphatic rings. The lowest BCUT2D eigenvalue weighted by molar-refractivity contribution is -0.120. The lowest BCUT2D eigenvalue weighted by Gasteiger charge is -2.16. The van der Waals surface area contributed by atoms with Gasteiger partial charge in [0.1, 0.15) is 5.70 Å². The van der Waals surface area contributed by atoms with Crippen molar-refractivity contribution in [3.8, 4) is 11.5 Å². The van der Waals surface area contributed by atoms with Gasteiger partial charge >= 0.3 is 0 Å². The minimum atomic E-state index is -0.464. The normalized spacial score (nSPS) is 14.6. The number of imide groups is 1. The Hall–Kier alpha value is -4.59. The van der Waals surface area contributed by atoms with Gasteiger partial charge in [0, 0.05) is 24.4 Å². The summed E-state index contributed by atoms with van der Waals surface area (Å²) in [6.07, 6.45) is 0. The highest BCUT2D eigenvalue weighted by molar-refractivity contribution is 6.46. The molecule has 8 heteroatoms. The summed E-state index contributed by atoms with van der Waals surface area (Å²) in [6, 6.07) is 19.2. The van der Waals surface area contributed by atoms with Crippen LogP contribution in [0.15, 0.2) is 72.4 Å². The van der Waals surface area contributed by atoms with Crippen LogP contribution in [0.3, 0.4) is 0 Å². The Labute approximate surface area is 195 Å². The molecule has 2 N–H and O–H groups in total. The topological polar surface area (TPSA) is 97.0 Å². The Bertz CT molecular complexity index is 1360. The molecule has 2 aliphatic heterocycles. The summed E-state index contributed by atoms with van der Waals surface area (Å²) in [4.78, 5) is 39.6. The van der Waals surface area contributed by atoms with Crippen LogP contribution < -0.4 is 25.0 Å². The number of nitrogens with zero attached hydrogens (tertiary/aromatic N) is 1. The zero-order chi connectivity index (χ0) is 23.8. The molecule has 170 valence electrons. The summed E-state index contributed by atoms with van der Waals surface area (Å²) < 4.78 is 10.8. The number of carbonyl (C=O) groups excluding carboxylic acids is 3. The van der Waals surface area contributed by atoms with Crippen molar-refractivity contribution >= 4 is 40.4 Å². The minimum absolute atomic E-state index is 0.131. The van der Waals surface area contributed by atoms with Crippen molar-refractivity contribution in [3.63, 3.8) is 0 Å². The molecule has 34 heavy (non-hydrogen) atoms. The first-order valence-corrected chi connectivity index (χ1v) is 10.6. The Kier molecular flexibility index (Phi) is 5.25. The third-order valence-corrected chi connectivity index (χ3v) is 5.48. The van der Waals surface area contributed by atoms with Crippen LogP contribution in [0.1, 0.15) is 18.1 Å². The molecule has 2 heterocycles. The average Bonchev–Trinajstić information content (AvgIpc) is 3.36. The van der Waals surface area contributed by atoms with Crippen molar-refractivity contribution < 1.29 is 23.9 Å². The quantitative estimate of drug-likeness (QED) is 0.563. The van der Waals surface area contributed by atoms with Crippen LogP contribution in [0.2, 0.25) is 0 Å². The monoisotopic (exact) mass is 455 g/mol. The Morgan fingerprint density at radius 1 is 0.882 bits per heavy atom. The first kappa shape index (κ1) is 21.3. The minimum Gasteiger partial charge on any atom is -0.454 e. The second-order valence-corrected chi connectivity index (χ2v) is 7.99. The summed E-state index contributed by atoms with van der Waals surface area (Å²) in [5, 5.41) is 5.82. The summed E-state index contributed by atoms with van der Waals surface area (Å²) in [7, 11) is 0. The van der Waals surface area contributed by atoms with E-state index in [0.29, 0.717) is 34.1 Å². The van der Waals surface area contributed by atoms with Crippen LogP contribution in [-0.4, -0.2) is 24.5 Å². The molecule has 3 aromatic carbocycles. The van der Waals surface area contributed by atoms with E-state index in [-0.39, 0.29) is 24.0 Å². The van der Waals surface area contributed by atoms with Gasteiger partial charge in [-0.05, 0) is 54.4 Å². The van der Waals surface area contributed by atoms with Crippen LogP contribution in [0.5, 0.6) is 11.5 Å². The third kappa shape index (κ3) is 3.86. The molecule has 3 amide bonds. The van der Waals surface area contributed by atoms with Crippen molar-refractivity contribution in [2.45, 2.75) is 13.8 Å². The molecule has 5 rings (SSSR count). The maximum absolute atomic E-state index is 13.6. The standard InChI is InChI=1S/C26H21N3O5/c1-15-4-3-5-20(12-15)29-25(31)23(17-6-8-18(9-7-17)27-16(2)30)24(26(29)32)28-19-10-11-21-22(13-19)34-14-33-21/h3-13,28H,14H2,1-2H3,(H,27,30).